The predicted molar refractivity (Wildman–Crippen MR) is 50.9 cm³/mol. The van der Waals surface area contributed by atoms with Crippen molar-refractivity contribution >= 4 is 11.5 Å². The molecule has 0 aromatic carbocycles. The maximum atomic E-state index is 11.1. The number of nitrogen functional groups attached to an aromatic ring is 1. The van der Waals surface area contributed by atoms with Gasteiger partial charge in [0.15, 0.2) is 11.7 Å². The molecule has 78 valence electrons. The maximum Gasteiger partial charge on any atom is 0.218 e. The molecule has 0 saturated heterocycles. The summed E-state index contributed by atoms with van der Waals surface area (Å²) in [7, 11) is 0. The van der Waals surface area contributed by atoms with Crippen LogP contribution in [0.3, 0.4) is 0 Å². The lowest BCUT2D eigenvalue weighted by Crippen LogP contribution is -2.24. The molecular formula is C8H13N3O3. The Labute approximate surface area is 80.7 Å². The van der Waals surface area contributed by atoms with Gasteiger partial charge in [-0.15, -0.1) is 0 Å². The highest BCUT2D eigenvalue weighted by atomic mass is 16.3. The third-order valence-electron chi connectivity index (χ3n) is 2.02. The van der Waals surface area contributed by atoms with Crippen LogP contribution in [0.5, 0.6) is 11.8 Å². The summed E-state index contributed by atoms with van der Waals surface area (Å²) in [5.41, 5.74) is 10.7. The number of aromatic nitrogens is 1. The van der Waals surface area contributed by atoms with E-state index < -0.39 is 6.04 Å². The van der Waals surface area contributed by atoms with Crippen molar-refractivity contribution in [2.45, 2.75) is 13.0 Å². The Morgan fingerprint density at radius 3 is 2.50 bits per heavy atom. The summed E-state index contributed by atoms with van der Waals surface area (Å²) in [6, 6.07) is 0.383. The van der Waals surface area contributed by atoms with Crippen LogP contribution in [-0.4, -0.2) is 27.1 Å². The molecule has 0 aliphatic carbocycles. The van der Waals surface area contributed by atoms with E-state index in [0.29, 0.717) is 0 Å². The molecule has 14 heavy (non-hydrogen) atoms. The molecule has 1 aromatic rings. The Kier molecular flexibility index (Phi) is 2.66. The van der Waals surface area contributed by atoms with Gasteiger partial charge in [0.05, 0.1) is 5.69 Å². The van der Waals surface area contributed by atoms with Crippen molar-refractivity contribution in [3.05, 3.63) is 6.07 Å². The van der Waals surface area contributed by atoms with Gasteiger partial charge >= 0.3 is 0 Å². The van der Waals surface area contributed by atoms with Gasteiger partial charge in [-0.1, -0.05) is 0 Å². The zero-order valence-electron chi connectivity index (χ0n) is 7.77. The predicted octanol–water partition coefficient (Wildman–Crippen LogP) is -0.430. The molecule has 0 spiro atoms. The molecule has 6 N–H and O–H groups in total. The molecule has 6 heteroatoms. The van der Waals surface area contributed by atoms with E-state index in [0.717, 1.165) is 4.57 Å². The second-order valence-electron chi connectivity index (χ2n) is 3.01. The molecule has 0 radical (unpaired) electrons. The van der Waals surface area contributed by atoms with Crippen LogP contribution in [0.1, 0.15) is 13.0 Å². The van der Waals surface area contributed by atoms with Crippen LogP contribution < -0.4 is 11.5 Å². The van der Waals surface area contributed by atoms with Crippen molar-refractivity contribution in [1.29, 1.82) is 0 Å². The van der Waals surface area contributed by atoms with Gasteiger partial charge in [-0.2, -0.15) is 0 Å². The fourth-order valence-electron chi connectivity index (χ4n) is 1.28. The summed E-state index contributed by atoms with van der Waals surface area (Å²) < 4.78 is 1.01. The fraction of sp³-hybridized carbons (Fsp3) is 0.375. The highest BCUT2D eigenvalue weighted by molar-refractivity contribution is 5.81. The van der Waals surface area contributed by atoms with Crippen molar-refractivity contribution < 1.29 is 15.0 Å². The smallest absolute Gasteiger partial charge is 0.218 e. The Hall–Kier alpha value is -1.69. The van der Waals surface area contributed by atoms with Crippen molar-refractivity contribution in [1.82, 2.24) is 4.57 Å². The first-order chi connectivity index (χ1) is 6.49. The fourth-order valence-corrected chi connectivity index (χ4v) is 1.28. The normalized spacial score (nSPS) is 12.7. The van der Waals surface area contributed by atoms with E-state index in [2.05, 4.69) is 0 Å². The van der Waals surface area contributed by atoms with Crippen molar-refractivity contribution in [3.8, 4) is 11.8 Å². The standard InChI is InChI=1S/C8H13N3O3/c1-4(12)6(3-9)11-7(13)2-5(10)8(11)14/h2,6,13-14H,3,9-10H2,1H3. The van der Waals surface area contributed by atoms with Crippen molar-refractivity contribution in [3.63, 3.8) is 0 Å². The highest BCUT2D eigenvalue weighted by Crippen LogP contribution is 2.33. The summed E-state index contributed by atoms with van der Waals surface area (Å²) >= 11 is 0. The van der Waals surface area contributed by atoms with Crippen LogP contribution >= 0.6 is 0 Å². The third kappa shape index (κ3) is 1.51. The zero-order chi connectivity index (χ0) is 10.9. The number of hydrogen-bond acceptors (Lipinski definition) is 5. The van der Waals surface area contributed by atoms with Gasteiger partial charge in [0.2, 0.25) is 5.88 Å². The van der Waals surface area contributed by atoms with Crippen LogP contribution in [0, 0.1) is 0 Å². The van der Waals surface area contributed by atoms with Crippen LogP contribution in [0.15, 0.2) is 6.07 Å². The zero-order valence-corrected chi connectivity index (χ0v) is 7.77. The second-order valence-corrected chi connectivity index (χ2v) is 3.01. The number of carbonyl (C=O) groups is 1. The van der Waals surface area contributed by atoms with E-state index in [9.17, 15) is 15.0 Å². The van der Waals surface area contributed by atoms with E-state index in [1.54, 1.807) is 0 Å². The Morgan fingerprint density at radius 1 is 1.64 bits per heavy atom. The minimum absolute atomic E-state index is 0.00935. The van der Waals surface area contributed by atoms with Gasteiger partial charge in [0.1, 0.15) is 6.04 Å². The molecule has 0 amide bonds. The molecule has 1 heterocycles. The number of hydrogen-bond donors (Lipinski definition) is 4. The topological polar surface area (TPSA) is 114 Å². The molecular weight excluding hydrogens is 186 g/mol. The van der Waals surface area contributed by atoms with Crippen molar-refractivity contribution in [2.75, 3.05) is 12.3 Å². The summed E-state index contributed by atoms with van der Waals surface area (Å²) in [4.78, 5) is 11.1. The summed E-state index contributed by atoms with van der Waals surface area (Å²) in [6.45, 7) is 1.32. The second kappa shape index (κ2) is 3.59. The lowest BCUT2D eigenvalue weighted by atomic mass is 10.2. The largest absolute Gasteiger partial charge is 0.494 e. The first-order valence-electron chi connectivity index (χ1n) is 4.08. The van der Waals surface area contributed by atoms with Gasteiger partial charge in [0.25, 0.3) is 0 Å². The lowest BCUT2D eigenvalue weighted by Gasteiger charge is -2.15. The lowest BCUT2D eigenvalue weighted by molar-refractivity contribution is -0.120. The third-order valence-corrected chi connectivity index (χ3v) is 2.02. The van der Waals surface area contributed by atoms with E-state index in [1.165, 1.54) is 13.0 Å². The number of nitrogens with two attached hydrogens (primary N) is 2. The van der Waals surface area contributed by atoms with Gasteiger partial charge in [-0.3, -0.25) is 9.36 Å². The molecule has 1 aromatic heterocycles. The molecule has 1 rings (SSSR count). The first kappa shape index (κ1) is 10.4. The Balaban J connectivity index is 3.22. The molecule has 0 saturated carbocycles. The molecule has 0 bridgehead atoms. The highest BCUT2D eigenvalue weighted by Gasteiger charge is 2.22. The summed E-state index contributed by atoms with van der Waals surface area (Å²) in [5, 5.41) is 18.8. The van der Waals surface area contributed by atoms with Gasteiger partial charge in [-0.05, 0) is 6.92 Å². The molecule has 0 aliphatic rings. The molecule has 0 aliphatic heterocycles. The summed E-state index contributed by atoms with van der Waals surface area (Å²) in [5.74, 6) is -0.868. The minimum Gasteiger partial charge on any atom is -0.494 e. The average Bonchev–Trinajstić information content (AvgIpc) is 2.32. The van der Waals surface area contributed by atoms with Crippen LogP contribution in [0.25, 0.3) is 0 Å². The van der Waals surface area contributed by atoms with E-state index in [4.69, 9.17) is 11.5 Å². The van der Waals surface area contributed by atoms with Gasteiger partial charge in [0, 0.05) is 12.6 Å². The quantitative estimate of drug-likeness (QED) is 0.527. The maximum absolute atomic E-state index is 11.1. The van der Waals surface area contributed by atoms with Crippen LogP contribution in [-0.2, 0) is 4.79 Å². The minimum atomic E-state index is -0.785. The monoisotopic (exact) mass is 199 g/mol. The number of ketones is 1. The molecule has 0 fully saturated rings. The Morgan fingerprint density at radius 2 is 2.21 bits per heavy atom. The first-order valence-corrected chi connectivity index (χ1v) is 4.08. The number of aromatic hydroxyl groups is 2. The Bertz CT molecular complexity index is 359. The van der Waals surface area contributed by atoms with Crippen LogP contribution in [0.4, 0.5) is 5.69 Å². The average molecular weight is 199 g/mol. The van der Waals surface area contributed by atoms with Crippen LogP contribution in [0.2, 0.25) is 0 Å². The molecule has 6 nitrogen and oxygen atoms in total. The number of Topliss-reactive ketones (excluding diaryl/α,β-unsaturated/α-hetero) is 1. The van der Waals surface area contributed by atoms with Gasteiger partial charge in [-0.25, -0.2) is 0 Å². The number of rotatable bonds is 3. The molecule has 1 unspecified atom stereocenters. The molecule has 1 atom stereocenters. The van der Waals surface area contributed by atoms with E-state index >= 15 is 0 Å². The number of anilines is 1. The number of carbonyl (C=O) groups excluding carboxylic acids is 1. The summed E-state index contributed by atoms with van der Waals surface area (Å²) in [6.07, 6.45) is 0. The SMILES string of the molecule is CC(=O)C(CN)n1c(O)cc(N)c1O. The van der Waals surface area contributed by atoms with E-state index in [1.807, 2.05) is 0 Å². The van der Waals surface area contributed by atoms with Crippen molar-refractivity contribution in [2.24, 2.45) is 5.73 Å². The van der Waals surface area contributed by atoms with Gasteiger partial charge < -0.3 is 21.7 Å². The van der Waals surface area contributed by atoms with E-state index in [-0.39, 0.29) is 29.8 Å². The number of nitrogens with zero attached hydrogens (tertiary/aromatic N) is 1.